The first-order valence-electron chi connectivity index (χ1n) is 41.8. The molecule has 0 saturated carbocycles. The minimum Gasteiger partial charge on any atom is -0.463 e. The molecule has 0 aliphatic rings. The van der Waals surface area contributed by atoms with Gasteiger partial charge in [0.2, 0.25) is 0 Å². The molecule has 0 rings (SSSR count). The first kappa shape index (κ1) is 102. The monoisotopic (exact) mass is 1540 g/mol. The Balaban J connectivity index is 4.62. The highest BCUT2D eigenvalue weighted by Crippen LogP contribution is 2.45. The summed E-state index contributed by atoms with van der Waals surface area (Å²) in [4.78, 5) is 58.8. The van der Waals surface area contributed by atoms with E-state index in [9.17, 15) is 43.5 Å². The van der Waals surface area contributed by atoms with Gasteiger partial charge in [0.15, 0.2) is 6.10 Å². The second-order valence-corrected chi connectivity index (χ2v) is 30.4. The lowest BCUT2D eigenvalue weighted by Gasteiger charge is -2.21. The fourth-order valence-corrected chi connectivity index (χ4v) is 12.5. The van der Waals surface area contributed by atoms with Crippen LogP contribution < -0.4 is 0 Å². The number of aliphatic hydroxyl groups is 2. The van der Waals surface area contributed by atoms with Gasteiger partial charge in [0, 0.05) is 19.3 Å². The van der Waals surface area contributed by atoms with Crippen molar-refractivity contribution in [2.24, 2.45) is 0 Å². The van der Waals surface area contributed by atoms with E-state index in [0.29, 0.717) is 19.3 Å². The lowest BCUT2D eigenvalue weighted by Crippen LogP contribution is -2.30. The van der Waals surface area contributed by atoms with Crippen molar-refractivity contribution in [3.8, 4) is 0 Å². The van der Waals surface area contributed by atoms with Gasteiger partial charge < -0.3 is 34.2 Å². The van der Waals surface area contributed by atoms with Gasteiger partial charge >= 0.3 is 33.6 Å². The summed E-state index contributed by atoms with van der Waals surface area (Å²) in [7, 11) is -9.81. The summed E-state index contributed by atoms with van der Waals surface area (Å²) in [5.41, 5.74) is 0. The zero-order valence-corrected chi connectivity index (χ0v) is 68.8. The molecule has 0 amide bonds. The fourth-order valence-electron chi connectivity index (χ4n) is 10.9. The molecular formula is C89H150O16P2. The third-order valence-electron chi connectivity index (χ3n) is 17.2. The summed E-state index contributed by atoms with van der Waals surface area (Å²) in [5.74, 6) is -1.60. The first-order valence-corrected chi connectivity index (χ1v) is 44.8. The quantitative estimate of drug-likeness (QED) is 0.0146. The SMILES string of the molecule is CC/C=C\C/C=C\C/C=C\C/C=C\C/C=C\C/C=C\CCCCCCCCCCC(=O)OCC(O)COP(=O)(O)OCC(O)COP(=O)(O)OCC(COC(=O)CCCCCCCCCCCCC/C=C\C/C=C\C/C=C\C/C=C\CCCCC)OC(=O)CCCCCCCCC/C=C\C/C=C\C/C=C\CC. The van der Waals surface area contributed by atoms with Gasteiger partial charge in [0.1, 0.15) is 25.4 Å². The van der Waals surface area contributed by atoms with Crippen LogP contribution >= 0.6 is 15.6 Å². The van der Waals surface area contributed by atoms with Gasteiger partial charge in [-0.2, -0.15) is 0 Å². The molecule has 5 atom stereocenters. The highest BCUT2D eigenvalue weighted by atomic mass is 31.2. The normalized spacial score (nSPS) is 14.7. The number of rotatable bonds is 78. The third-order valence-corrected chi connectivity index (χ3v) is 19.1. The molecule has 107 heavy (non-hydrogen) atoms. The van der Waals surface area contributed by atoms with Crippen LogP contribution in [0, 0.1) is 0 Å². The molecular weight excluding hydrogens is 1390 g/mol. The van der Waals surface area contributed by atoms with Gasteiger partial charge in [-0.15, -0.1) is 0 Å². The summed E-state index contributed by atoms with van der Waals surface area (Å²) in [6.45, 7) is 2.42. The number of phosphoric ester groups is 2. The predicted molar refractivity (Wildman–Crippen MR) is 445 cm³/mol. The van der Waals surface area contributed by atoms with Gasteiger partial charge in [-0.05, 0) is 148 Å². The van der Waals surface area contributed by atoms with Crippen LogP contribution in [0.3, 0.4) is 0 Å². The number of hydrogen-bond donors (Lipinski definition) is 4. The topological polar surface area (TPSA) is 231 Å². The molecule has 0 aliphatic heterocycles. The number of aliphatic hydroxyl groups excluding tert-OH is 2. The van der Waals surface area contributed by atoms with Crippen molar-refractivity contribution in [1.82, 2.24) is 0 Å². The molecule has 18 heteroatoms. The van der Waals surface area contributed by atoms with Crippen LogP contribution in [0.25, 0.3) is 0 Å². The van der Waals surface area contributed by atoms with Crippen molar-refractivity contribution in [3.05, 3.63) is 158 Å². The van der Waals surface area contributed by atoms with Crippen LogP contribution in [0.2, 0.25) is 0 Å². The summed E-state index contributed by atoms with van der Waals surface area (Å²) in [6, 6.07) is 0. The van der Waals surface area contributed by atoms with Crippen molar-refractivity contribution >= 4 is 33.6 Å². The molecule has 5 unspecified atom stereocenters. The van der Waals surface area contributed by atoms with Crippen LogP contribution in [0.5, 0.6) is 0 Å². The second kappa shape index (κ2) is 80.7. The van der Waals surface area contributed by atoms with Crippen LogP contribution in [0.15, 0.2) is 158 Å². The molecule has 16 nitrogen and oxygen atoms in total. The molecule has 0 fully saturated rings. The Morgan fingerprint density at radius 2 is 0.495 bits per heavy atom. The highest BCUT2D eigenvalue weighted by Gasteiger charge is 2.29. The minimum absolute atomic E-state index is 0.0889. The van der Waals surface area contributed by atoms with Gasteiger partial charge in [-0.1, -0.05) is 320 Å². The zero-order chi connectivity index (χ0) is 78.0. The maximum atomic E-state index is 13.0. The summed E-state index contributed by atoms with van der Waals surface area (Å²) in [6.07, 6.45) is 101. The van der Waals surface area contributed by atoms with E-state index in [1.165, 1.54) is 83.5 Å². The van der Waals surface area contributed by atoms with E-state index >= 15 is 0 Å². The zero-order valence-electron chi connectivity index (χ0n) is 67.0. The smallest absolute Gasteiger partial charge is 0.463 e. The highest BCUT2D eigenvalue weighted by molar-refractivity contribution is 7.47. The number of unbranched alkanes of at least 4 members (excludes halogenated alkanes) is 29. The van der Waals surface area contributed by atoms with E-state index in [0.717, 1.165) is 186 Å². The number of esters is 3. The van der Waals surface area contributed by atoms with E-state index in [1.807, 2.05) is 0 Å². The lowest BCUT2D eigenvalue weighted by atomic mass is 10.0. The minimum atomic E-state index is -4.94. The lowest BCUT2D eigenvalue weighted by molar-refractivity contribution is -0.161. The Bertz CT molecular complexity index is 2580. The van der Waals surface area contributed by atoms with Gasteiger partial charge in [0.25, 0.3) is 0 Å². The van der Waals surface area contributed by atoms with E-state index in [-0.39, 0.29) is 19.3 Å². The van der Waals surface area contributed by atoms with E-state index in [1.54, 1.807) is 0 Å². The maximum absolute atomic E-state index is 13.0. The molecule has 612 valence electrons. The molecule has 0 bridgehead atoms. The fraction of sp³-hybridized carbons (Fsp3) is 0.674. The van der Waals surface area contributed by atoms with Crippen LogP contribution in [-0.2, 0) is 55.8 Å². The van der Waals surface area contributed by atoms with Gasteiger partial charge in [-0.25, -0.2) is 9.13 Å². The largest absolute Gasteiger partial charge is 0.472 e. The number of ether oxygens (including phenoxy) is 3. The molecule has 0 spiro atoms. The Labute approximate surface area is 650 Å². The molecule has 0 aromatic rings. The number of carbonyl (C=O) groups is 3. The molecule has 4 N–H and O–H groups in total. The third kappa shape index (κ3) is 82.0. The molecule has 0 saturated heterocycles. The van der Waals surface area contributed by atoms with Crippen molar-refractivity contribution in [1.29, 1.82) is 0 Å². The Hall–Kier alpha value is -4.83. The van der Waals surface area contributed by atoms with E-state index in [2.05, 4.69) is 179 Å². The first-order chi connectivity index (χ1) is 52.2. The average molecular weight is 1540 g/mol. The Kier molecular flexibility index (Phi) is 77.0. The summed E-state index contributed by atoms with van der Waals surface area (Å²) < 4.78 is 61.3. The van der Waals surface area contributed by atoms with Crippen LogP contribution in [0.1, 0.15) is 329 Å². The number of phosphoric acid groups is 2. The van der Waals surface area contributed by atoms with Crippen molar-refractivity contribution in [2.75, 3.05) is 39.6 Å². The van der Waals surface area contributed by atoms with Crippen LogP contribution in [0.4, 0.5) is 0 Å². The maximum Gasteiger partial charge on any atom is 0.472 e. The second-order valence-electron chi connectivity index (χ2n) is 27.5. The van der Waals surface area contributed by atoms with Crippen LogP contribution in [-0.4, -0.2) is 95.9 Å². The number of carbonyl (C=O) groups excluding carboxylic acids is 3. The summed E-state index contributed by atoms with van der Waals surface area (Å²) >= 11 is 0. The standard InChI is InChI=1S/C89H150O16P2/c1-4-7-10-13-16-19-22-25-28-31-33-35-37-39-41-43-45-47-49-52-54-57-60-63-66-69-72-75-87(92)99-78-84(90)79-101-106(95,96)102-80-85(91)81-103-107(97,98)104-83-86(105-89(94)77-74-71-68-65-62-59-56-51-30-27-24-21-18-15-12-9-6-3)82-100-88(93)76-73-70-67-64-61-58-55-53-50-48-46-44-42-40-38-36-34-32-29-26-23-20-17-14-11-8-5-2/h7,9-10,12,16-21,25-30,33-36,39-42,45,47,84-86,90-91H,4-6,8,11,13-15,22-24,31-32,37-38,43-44,46,48-83H2,1-3H3,(H,95,96)(H,97,98)/b10-7-,12-9-,19-16-,20-17-,21-18-,28-25-,29-26-,30-27-,35-33-,36-34-,41-39-,42-40-,47-45-. The molecule has 0 radical (unpaired) electrons. The number of hydrogen-bond acceptors (Lipinski definition) is 14. The molecule has 0 heterocycles. The molecule has 0 aliphatic carbocycles. The number of allylic oxidation sites excluding steroid dienone is 26. The van der Waals surface area contributed by atoms with Crippen molar-refractivity contribution in [2.45, 2.75) is 347 Å². The Morgan fingerprint density at radius 3 is 0.785 bits per heavy atom. The molecule has 0 aromatic carbocycles. The van der Waals surface area contributed by atoms with Crippen molar-refractivity contribution in [3.63, 3.8) is 0 Å². The van der Waals surface area contributed by atoms with Gasteiger partial charge in [0.05, 0.1) is 26.4 Å². The summed E-state index contributed by atoms with van der Waals surface area (Å²) in [5, 5.41) is 20.7. The van der Waals surface area contributed by atoms with Gasteiger partial charge in [-0.3, -0.25) is 32.5 Å². The van der Waals surface area contributed by atoms with Crippen molar-refractivity contribution < 1.29 is 75.8 Å². The average Bonchev–Trinajstić information content (AvgIpc) is 0.908. The van der Waals surface area contributed by atoms with E-state index < -0.39 is 91.5 Å². The van der Waals surface area contributed by atoms with E-state index in [4.69, 9.17) is 32.3 Å². The molecule has 0 aromatic heterocycles. The predicted octanol–water partition coefficient (Wildman–Crippen LogP) is 25.0. The Morgan fingerprint density at radius 1 is 0.271 bits per heavy atom.